The van der Waals surface area contributed by atoms with Gasteiger partial charge in [0.15, 0.2) is 0 Å². The van der Waals surface area contributed by atoms with Gasteiger partial charge in [0.1, 0.15) is 0 Å². The van der Waals surface area contributed by atoms with Crippen LogP contribution in [0.3, 0.4) is 0 Å². The molecule has 4 heteroatoms. The first-order chi connectivity index (χ1) is 11.5. The summed E-state index contributed by atoms with van der Waals surface area (Å²) >= 11 is 0. The van der Waals surface area contributed by atoms with E-state index in [1.54, 1.807) is 19.1 Å². The Kier molecular flexibility index (Phi) is 6.59. The summed E-state index contributed by atoms with van der Waals surface area (Å²) in [6.07, 6.45) is 6.64. The monoisotopic (exact) mass is 330 g/mol. The van der Waals surface area contributed by atoms with Gasteiger partial charge < -0.3 is 9.84 Å². The van der Waals surface area contributed by atoms with Gasteiger partial charge in [-0.2, -0.15) is 0 Å². The molecule has 1 aromatic rings. The minimum Gasteiger partial charge on any atom is -0.478 e. The van der Waals surface area contributed by atoms with Crippen molar-refractivity contribution in [2.24, 2.45) is 5.92 Å². The first kappa shape index (κ1) is 18.2. The lowest BCUT2D eigenvalue weighted by Crippen LogP contribution is -2.14. The molecule has 1 fully saturated rings. The molecule has 0 bridgehead atoms. The van der Waals surface area contributed by atoms with Gasteiger partial charge in [-0.25, -0.2) is 9.59 Å². The van der Waals surface area contributed by atoms with Crippen molar-refractivity contribution in [1.82, 2.24) is 0 Å². The van der Waals surface area contributed by atoms with E-state index >= 15 is 0 Å². The molecular weight excluding hydrogens is 304 g/mol. The van der Waals surface area contributed by atoms with Gasteiger partial charge >= 0.3 is 11.9 Å². The van der Waals surface area contributed by atoms with Crippen LogP contribution in [0.25, 0.3) is 0 Å². The first-order valence-corrected chi connectivity index (χ1v) is 8.63. The molecule has 2 rings (SSSR count). The third kappa shape index (κ3) is 5.22. The molecule has 0 saturated heterocycles. The van der Waals surface area contributed by atoms with Crippen LogP contribution in [-0.2, 0) is 9.53 Å². The number of hydrogen-bond donors (Lipinski definition) is 1. The zero-order valence-electron chi connectivity index (χ0n) is 14.3. The highest BCUT2D eigenvalue weighted by molar-refractivity contribution is 5.87. The zero-order valence-corrected chi connectivity index (χ0v) is 14.3. The van der Waals surface area contributed by atoms with Crippen LogP contribution in [0, 0.1) is 5.92 Å². The Morgan fingerprint density at radius 1 is 1.17 bits per heavy atom. The molecule has 0 heterocycles. The van der Waals surface area contributed by atoms with Gasteiger partial charge in [-0.05, 0) is 75.0 Å². The lowest BCUT2D eigenvalue weighted by atomic mass is 9.77. The summed E-state index contributed by atoms with van der Waals surface area (Å²) < 4.78 is 5.13. The number of rotatable bonds is 7. The molecule has 0 aromatic heterocycles. The van der Waals surface area contributed by atoms with Gasteiger partial charge in [0.2, 0.25) is 0 Å². The molecule has 1 aliphatic carbocycles. The van der Waals surface area contributed by atoms with Crippen molar-refractivity contribution >= 4 is 11.9 Å². The number of ether oxygens (including phenoxy) is 1. The minimum absolute atomic E-state index is 0.302. The average molecular weight is 330 g/mol. The van der Waals surface area contributed by atoms with Crippen LogP contribution < -0.4 is 0 Å². The van der Waals surface area contributed by atoms with Crippen molar-refractivity contribution in [3.05, 3.63) is 47.5 Å². The fourth-order valence-electron chi connectivity index (χ4n) is 3.34. The molecular formula is C20H26O4. The van der Waals surface area contributed by atoms with Crippen molar-refractivity contribution in [2.75, 3.05) is 6.61 Å². The van der Waals surface area contributed by atoms with E-state index in [0.29, 0.717) is 29.6 Å². The first-order valence-electron chi connectivity index (χ1n) is 8.63. The van der Waals surface area contributed by atoms with Crippen molar-refractivity contribution < 1.29 is 19.4 Å². The van der Waals surface area contributed by atoms with E-state index in [4.69, 9.17) is 9.84 Å². The van der Waals surface area contributed by atoms with Crippen LogP contribution in [0.2, 0.25) is 0 Å². The van der Waals surface area contributed by atoms with Crippen LogP contribution in [0.1, 0.15) is 67.3 Å². The van der Waals surface area contributed by atoms with Crippen molar-refractivity contribution in [1.29, 1.82) is 0 Å². The van der Waals surface area contributed by atoms with E-state index < -0.39 is 5.97 Å². The Bertz CT molecular complexity index is 580. The van der Waals surface area contributed by atoms with E-state index in [-0.39, 0.29) is 5.97 Å². The van der Waals surface area contributed by atoms with E-state index in [2.05, 4.69) is 6.58 Å². The highest BCUT2D eigenvalue weighted by Crippen LogP contribution is 2.37. The van der Waals surface area contributed by atoms with Crippen LogP contribution in [-0.4, -0.2) is 23.7 Å². The molecule has 1 aliphatic rings. The number of carbonyl (C=O) groups is 2. The van der Waals surface area contributed by atoms with Crippen LogP contribution in [0.15, 0.2) is 36.4 Å². The molecule has 0 radical (unpaired) electrons. The molecule has 0 atom stereocenters. The van der Waals surface area contributed by atoms with Crippen LogP contribution >= 0.6 is 0 Å². The second-order valence-electron chi connectivity index (χ2n) is 6.70. The molecule has 0 unspecified atom stereocenters. The summed E-state index contributed by atoms with van der Waals surface area (Å²) in [5.41, 5.74) is 2.04. The smallest absolute Gasteiger partial charge is 0.335 e. The van der Waals surface area contributed by atoms with Crippen molar-refractivity contribution in [3.8, 4) is 0 Å². The summed E-state index contributed by atoms with van der Waals surface area (Å²) in [6.45, 7) is 5.70. The van der Waals surface area contributed by atoms with Gasteiger partial charge in [-0.3, -0.25) is 0 Å². The maximum Gasteiger partial charge on any atom is 0.335 e. The Hall–Kier alpha value is -2.10. The molecule has 130 valence electrons. The van der Waals surface area contributed by atoms with Crippen molar-refractivity contribution in [3.63, 3.8) is 0 Å². The van der Waals surface area contributed by atoms with Crippen molar-refractivity contribution in [2.45, 2.75) is 51.4 Å². The predicted octanol–water partition coefficient (Wildman–Crippen LogP) is 4.56. The Morgan fingerprint density at radius 2 is 1.79 bits per heavy atom. The minimum atomic E-state index is -0.877. The standard InChI is InChI=1S/C20H26O4/c1-14(2)20(23)24-13-3-4-15-5-7-16(8-6-15)17-9-11-18(12-10-17)19(21)22/h9-12,15-16H,1,3-8,13H2,2H3,(H,21,22). The summed E-state index contributed by atoms with van der Waals surface area (Å²) in [7, 11) is 0. The molecule has 1 N–H and O–H groups in total. The fourth-order valence-corrected chi connectivity index (χ4v) is 3.34. The largest absolute Gasteiger partial charge is 0.478 e. The second-order valence-corrected chi connectivity index (χ2v) is 6.70. The van der Waals surface area contributed by atoms with Gasteiger partial charge in [-0.1, -0.05) is 18.7 Å². The molecule has 24 heavy (non-hydrogen) atoms. The number of carboxylic acids is 1. The molecule has 4 nitrogen and oxygen atoms in total. The lowest BCUT2D eigenvalue weighted by molar-refractivity contribution is -0.139. The lowest BCUT2D eigenvalue weighted by Gasteiger charge is -2.28. The number of aromatic carboxylic acids is 1. The Morgan fingerprint density at radius 3 is 2.33 bits per heavy atom. The van der Waals surface area contributed by atoms with Gasteiger partial charge in [0.05, 0.1) is 12.2 Å². The number of benzene rings is 1. The Labute approximate surface area is 143 Å². The number of carbonyl (C=O) groups excluding carboxylic acids is 1. The number of esters is 1. The summed E-state index contributed by atoms with van der Waals surface area (Å²) in [6, 6.07) is 7.29. The zero-order chi connectivity index (χ0) is 17.5. The fraction of sp³-hybridized carbons (Fsp3) is 0.500. The Balaban J connectivity index is 1.70. The summed E-state index contributed by atoms with van der Waals surface area (Å²) in [4.78, 5) is 22.2. The normalized spacial score (nSPS) is 20.4. The predicted molar refractivity (Wildman–Crippen MR) is 93.1 cm³/mol. The number of hydrogen-bond acceptors (Lipinski definition) is 3. The average Bonchev–Trinajstić information content (AvgIpc) is 2.59. The molecule has 0 aliphatic heterocycles. The van der Waals surface area contributed by atoms with E-state index in [1.165, 1.54) is 18.4 Å². The molecule has 0 amide bonds. The highest BCUT2D eigenvalue weighted by Gasteiger charge is 2.22. The van der Waals surface area contributed by atoms with E-state index in [1.807, 2.05) is 12.1 Å². The third-order valence-electron chi connectivity index (χ3n) is 4.81. The number of carboxylic acid groups (broad SMARTS) is 1. The van der Waals surface area contributed by atoms with E-state index in [0.717, 1.165) is 25.7 Å². The maximum absolute atomic E-state index is 11.3. The quantitative estimate of drug-likeness (QED) is 0.452. The topological polar surface area (TPSA) is 63.6 Å². The SMILES string of the molecule is C=C(C)C(=O)OCCCC1CCC(c2ccc(C(=O)O)cc2)CC1. The van der Waals surface area contributed by atoms with Gasteiger partial charge in [0, 0.05) is 5.57 Å². The van der Waals surface area contributed by atoms with Gasteiger partial charge in [-0.15, -0.1) is 0 Å². The van der Waals surface area contributed by atoms with Crippen LogP contribution in [0.5, 0.6) is 0 Å². The maximum atomic E-state index is 11.3. The highest BCUT2D eigenvalue weighted by atomic mass is 16.5. The second kappa shape index (κ2) is 8.67. The molecule has 1 aromatic carbocycles. The van der Waals surface area contributed by atoms with Gasteiger partial charge in [0.25, 0.3) is 0 Å². The molecule has 0 spiro atoms. The van der Waals surface area contributed by atoms with Crippen LogP contribution in [0.4, 0.5) is 0 Å². The third-order valence-corrected chi connectivity index (χ3v) is 4.81. The molecule has 1 saturated carbocycles. The summed E-state index contributed by atoms with van der Waals surface area (Å²) in [5.74, 6) is 0.0505. The van der Waals surface area contributed by atoms with E-state index in [9.17, 15) is 9.59 Å². The summed E-state index contributed by atoms with van der Waals surface area (Å²) in [5, 5.41) is 8.95.